The number of para-hydroxylation sites is 1. The Bertz CT molecular complexity index is 1010. The van der Waals surface area contributed by atoms with Gasteiger partial charge in [-0.05, 0) is 50.1 Å². The smallest absolute Gasteiger partial charge is 0.265 e. The van der Waals surface area contributed by atoms with E-state index < -0.39 is 6.10 Å². The van der Waals surface area contributed by atoms with Crippen molar-refractivity contribution in [3.8, 4) is 17.0 Å². The summed E-state index contributed by atoms with van der Waals surface area (Å²) in [5, 5.41) is 4.03. The maximum atomic E-state index is 12.7. The Morgan fingerprint density at radius 2 is 2.04 bits per heavy atom. The first-order valence-corrected chi connectivity index (χ1v) is 10.3. The number of amides is 1. The summed E-state index contributed by atoms with van der Waals surface area (Å²) in [4.78, 5) is 17.4. The third kappa shape index (κ3) is 3.78. The van der Waals surface area contributed by atoms with Gasteiger partial charge in [-0.1, -0.05) is 36.0 Å². The molecule has 1 aliphatic rings. The fraction of sp³-hybridized carbons (Fsp3) is 0.273. The fourth-order valence-electron chi connectivity index (χ4n) is 3.13. The van der Waals surface area contributed by atoms with Gasteiger partial charge in [0.05, 0.1) is 11.4 Å². The van der Waals surface area contributed by atoms with Crippen LogP contribution in [0.3, 0.4) is 0 Å². The van der Waals surface area contributed by atoms with E-state index in [4.69, 9.17) is 9.72 Å². The van der Waals surface area contributed by atoms with Gasteiger partial charge in [-0.3, -0.25) is 4.79 Å². The van der Waals surface area contributed by atoms with Crippen molar-refractivity contribution in [1.29, 1.82) is 0 Å². The molecule has 1 N–H and O–H groups in total. The number of carbonyl (C=O) groups excluding carboxylic acids is 1. The van der Waals surface area contributed by atoms with Crippen LogP contribution < -0.4 is 10.1 Å². The summed E-state index contributed by atoms with van der Waals surface area (Å²) in [5.74, 6) is 1.57. The number of nitrogens with zero attached hydrogens (tertiary/aromatic N) is 2. The second kappa shape index (κ2) is 7.72. The first-order valence-electron chi connectivity index (χ1n) is 9.35. The first-order chi connectivity index (χ1) is 13.5. The molecule has 5 nitrogen and oxygen atoms in total. The number of benzene rings is 2. The molecule has 0 saturated heterocycles. The number of imidazole rings is 1. The summed E-state index contributed by atoms with van der Waals surface area (Å²) in [6, 6.07) is 13.6. The highest BCUT2D eigenvalue weighted by Crippen LogP contribution is 2.32. The molecule has 1 aliphatic heterocycles. The molecule has 0 radical (unpaired) electrons. The molecule has 1 aromatic heterocycles. The lowest BCUT2D eigenvalue weighted by Gasteiger charge is -2.17. The molecule has 0 fully saturated rings. The van der Waals surface area contributed by atoms with Crippen molar-refractivity contribution in [2.75, 3.05) is 11.1 Å². The van der Waals surface area contributed by atoms with Crippen LogP contribution in [0.2, 0.25) is 0 Å². The Hall–Kier alpha value is -2.73. The van der Waals surface area contributed by atoms with Crippen LogP contribution in [-0.4, -0.2) is 27.3 Å². The minimum Gasteiger partial charge on any atom is -0.481 e. The molecule has 0 saturated carbocycles. The van der Waals surface area contributed by atoms with E-state index in [1.807, 2.05) is 49.4 Å². The Morgan fingerprint density at radius 3 is 2.82 bits per heavy atom. The van der Waals surface area contributed by atoms with Crippen molar-refractivity contribution < 1.29 is 9.53 Å². The molecule has 1 atom stereocenters. The SMILES string of the molecule is Cc1ccc(OC(C)C(=O)Nc2ccccc2-c2cn3c(n2)SCC3)cc1C. The van der Waals surface area contributed by atoms with Gasteiger partial charge in [0, 0.05) is 24.1 Å². The van der Waals surface area contributed by atoms with Gasteiger partial charge in [0.25, 0.3) is 5.91 Å². The van der Waals surface area contributed by atoms with Gasteiger partial charge in [0.2, 0.25) is 0 Å². The van der Waals surface area contributed by atoms with Crippen LogP contribution in [0.1, 0.15) is 18.1 Å². The Morgan fingerprint density at radius 1 is 1.21 bits per heavy atom. The maximum absolute atomic E-state index is 12.7. The predicted molar refractivity (Wildman–Crippen MR) is 113 cm³/mol. The molecule has 4 rings (SSSR count). The number of fused-ring (bicyclic) bond motifs is 1. The highest BCUT2D eigenvalue weighted by atomic mass is 32.2. The van der Waals surface area contributed by atoms with Crippen molar-refractivity contribution in [3.63, 3.8) is 0 Å². The molecule has 3 aromatic rings. The highest BCUT2D eigenvalue weighted by Gasteiger charge is 2.20. The van der Waals surface area contributed by atoms with Gasteiger partial charge in [-0.2, -0.15) is 0 Å². The maximum Gasteiger partial charge on any atom is 0.265 e. The number of aromatic nitrogens is 2. The molecule has 2 heterocycles. The minimum atomic E-state index is -0.613. The zero-order valence-corrected chi connectivity index (χ0v) is 17.0. The van der Waals surface area contributed by atoms with Crippen molar-refractivity contribution in [1.82, 2.24) is 9.55 Å². The highest BCUT2D eigenvalue weighted by molar-refractivity contribution is 7.99. The van der Waals surface area contributed by atoms with Crippen molar-refractivity contribution in [2.45, 2.75) is 38.6 Å². The second-order valence-electron chi connectivity index (χ2n) is 6.99. The molecule has 0 spiro atoms. The number of hydrogen-bond donors (Lipinski definition) is 1. The molecule has 0 bridgehead atoms. The van der Waals surface area contributed by atoms with E-state index in [9.17, 15) is 4.79 Å². The Balaban J connectivity index is 1.50. The van der Waals surface area contributed by atoms with E-state index in [1.54, 1.807) is 18.7 Å². The van der Waals surface area contributed by atoms with Gasteiger partial charge in [0.1, 0.15) is 5.75 Å². The van der Waals surface area contributed by atoms with Gasteiger partial charge in [-0.25, -0.2) is 4.98 Å². The molecule has 1 unspecified atom stereocenters. The van der Waals surface area contributed by atoms with Crippen LogP contribution in [0, 0.1) is 13.8 Å². The van der Waals surface area contributed by atoms with Crippen LogP contribution in [-0.2, 0) is 11.3 Å². The topological polar surface area (TPSA) is 56.1 Å². The van der Waals surface area contributed by atoms with Crippen LogP contribution in [0.5, 0.6) is 5.75 Å². The number of aryl methyl sites for hydroxylation is 3. The lowest BCUT2D eigenvalue weighted by Crippen LogP contribution is -2.30. The average Bonchev–Trinajstić information content (AvgIpc) is 3.27. The van der Waals surface area contributed by atoms with Gasteiger partial charge in [-0.15, -0.1) is 0 Å². The van der Waals surface area contributed by atoms with Crippen molar-refractivity contribution in [3.05, 3.63) is 59.8 Å². The molecule has 28 heavy (non-hydrogen) atoms. The van der Waals surface area contributed by atoms with Crippen LogP contribution in [0.15, 0.2) is 53.8 Å². The number of rotatable bonds is 5. The summed E-state index contributed by atoms with van der Waals surface area (Å²) in [6.45, 7) is 6.82. The van der Waals surface area contributed by atoms with E-state index in [-0.39, 0.29) is 5.91 Å². The summed E-state index contributed by atoms with van der Waals surface area (Å²) in [5.41, 5.74) is 4.87. The third-order valence-corrected chi connectivity index (χ3v) is 5.90. The summed E-state index contributed by atoms with van der Waals surface area (Å²) in [7, 11) is 0. The number of ether oxygens (including phenoxy) is 1. The summed E-state index contributed by atoms with van der Waals surface area (Å²) < 4.78 is 8.00. The summed E-state index contributed by atoms with van der Waals surface area (Å²) in [6.07, 6.45) is 1.44. The number of hydrogen-bond acceptors (Lipinski definition) is 4. The zero-order chi connectivity index (χ0) is 19.7. The lowest BCUT2D eigenvalue weighted by molar-refractivity contribution is -0.122. The predicted octanol–water partition coefficient (Wildman–Crippen LogP) is 4.68. The number of anilines is 1. The lowest BCUT2D eigenvalue weighted by atomic mass is 10.1. The number of thioether (sulfide) groups is 1. The normalized spacial score (nSPS) is 13.8. The van der Waals surface area contributed by atoms with Crippen LogP contribution in [0.4, 0.5) is 5.69 Å². The Kier molecular flexibility index (Phi) is 5.13. The van der Waals surface area contributed by atoms with E-state index in [0.29, 0.717) is 5.75 Å². The molecule has 2 aromatic carbocycles. The molecule has 0 aliphatic carbocycles. The van der Waals surface area contributed by atoms with Crippen molar-refractivity contribution >= 4 is 23.4 Å². The second-order valence-corrected chi connectivity index (χ2v) is 8.05. The number of carbonyl (C=O) groups is 1. The van der Waals surface area contributed by atoms with Gasteiger partial charge in [0.15, 0.2) is 11.3 Å². The van der Waals surface area contributed by atoms with Crippen molar-refractivity contribution in [2.24, 2.45) is 0 Å². The monoisotopic (exact) mass is 393 g/mol. The van der Waals surface area contributed by atoms with E-state index in [1.165, 1.54) is 5.56 Å². The largest absolute Gasteiger partial charge is 0.481 e. The fourth-order valence-corrected chi connectivity index (χ4v) is 4.08. The molecule has 144 valence electrons. The molecular weight excluding hydrogens is 370 g/mol. The quantitative estimate of drug-likeness (QED) is 0.684. The molecular formula is C22H23N3O2S. The zero-order valence-electron chi connectivity index (χ0n) is 16.2. The Labute approximate surface area is 169 Å². The summed E-state index contributed by atoms with van der Waals surface area (Å²) >= 11 is 1.76. The van der Waals surface area contributed by atoms with E-state index in [2.05, 4.69) is 23.0 Å². The first kappa shape index (κ1) is 18.6. The molecule has 6 heteroatoms. The van der Waals surface area contributed by atoms with Crippen LogP contribution in [0.25, 0.3) is 11.3 Å². The van der Waals surface area contributed by atoms with E-state index in [0.717, 1.165) is 40.0 Å². The average molecular weight is 394 g/mol. The minimum absolute atomic E-state index is 0.188. The van der Waals surface area contributed by atoms with Gasteiger partial charge < -0.3 is 14.6 Å². The standard InChI is InChI=1S/C22H23N3O2S/c1-14-8-9-17(12-15(14)2)27-16(3)21(26)23-19-7-5-4-6-18(19)20-13-25-10-11-28-22(25)24-20/h4-9,12-13,16H,10-11H2,1-3H3,(H,23,26). The van der Waals surface area contributed by atoms with E-state index >= 15 is 0 Å². The van der Waals surface area contributed by atoms with Gasteiger partial charge >= 0.3 is 0 Å². The third-order valence-electron chi connectivity index (χ3n) is 4.92. The molecule has 1 amide bonds. The van der Waals surface area contributed by atoms with Crippen LogP contribution >= 0.6 is 11.8 Å². The number of nitrogens with one attached hydrogen (secondary N) is 1.